The van der Waals surface area contributed by atoms with E-state index in [1.165, 1.54) is 0 Å². The lowest BCUT2D eigenvalue weighted by atomic mass is 10.1. The van der Waals surface area contributed by atoms with E-state index in [0.717, 1.165) is 5.56 Å². The Morgan fingerprint density at radius 1 is 1.44 bits per heavy atom. The minimum Gasteiger partial charge on any atom is -0.497 e. The van der Waals surface area contributed by atoms with Crippen LogP contribution in [0.1, 0.15) is 10.5 Å². The molecule has 1 aromatic heterocycles. The third kappa shape index (κ3) is 1.62. The Bertz CT molecular complexity index is 606. The summed E-state index contributed by atoms with van der Waals surface area (Å²) in [6.07, 6.45) is 0. The van der Waals surface area contributed by atoms with Gasteiger partial charge in [-0.25, -0.2) is 9.48 Å². The molecule has 18 heavy (non-hydrogen) atoms. The summed E-state index contributed by atoms with van der Waals surface area (Å²) in [7, 11) is 1.59. The number of methoxy groups -OCH3 is 1. The number of benzene rings is 1. The monoisotopic (exact) mass is 245 g/mol. The average molecular weight is 245 g/mol. The summed E-state index contributed by atoms with van der Waals surface area (Å²) in [6, 6.07) is 7.34. The zero-order valence-electron chi connectivity index (χ0n) is 9.79. The molecule has 0 amide bonds. The molecule has 6 nitrogen and oxygen atoms in total. The first kappa shape index (κ1) is 10.8. The molecular formula is C12H11N3O3. The third-order valence-electron chi connectivity index (χ3n) is 2.81. The Hall–Kier alpha value is -2.37. The highest BCUT2D eigenvalue weighted by Crippen LogP contribution is 2.26. The zero-order valence-corrected chi connectivity index (χ0v) is 9.79. The molecule has 0 radical (unpaired) electrons. The fourth-order valence-electron chi connectivity index (χ4n) is 1.93. The molecule has 0 atom stereocenters. The van der Waals surface area contributed by atoms with Crippen LogP contribution < -0.4 is 4.74 Å². The van der Waals surface area contributed by atoms with Crippen LogP contribution in [-0.2, 0) is 11.3 Å². The molecule has 6 heteroatoms. The fraction of sp³-hybridized carbons (Fsp3) is 0.250. The predicted octanol–water partition coefficient (Wildman–Crippen LogP) is 1.12. The van der Waals surface area contributed by atoms with Gasteiger partial charge in [0.2, 0.25) is 0 Å². The second kappa shape index (κ2) is 4.14. The number of hydrogen-bond donors (Lipinski definition) is 0. The van der Waals surface area contributed by atoms with Gasteiger partial charge in [-0.2, -0.15) is 0 Å². The van der Waals surface area contributed by atoms with Crippen LogP contribution in [0.2, 0.25) is 0 Å². The first-order chi connectivity index (χ1) is 8.79. The summed E-state index contributed by atoms with van der Waals surface area (Å²) >= 11 is 0. The van der Waals surface area contributed by atoms with Crippen LogP contribution in [0.15, 0.2) is 24.3 Å². The molecule has 1 aliphatic rings. The van der Waals surface area contributed by atoms with E-state index in [0.29, 0.717) is 30.3 Å². The Morgan fingerprint density at radius 3 is 3.17 bits per heavy atom. The summed E-state index contributed by atoms with van der Waals surface area (Å²) in [5, 5.41) is 8.01. The van der Waals surface area contributed by atoms with E-state index in [1.54, 1.807) is 11.8 Å². The van der Waals surface area contributed by atoms with Crippen LogP contribution in [-0.4, -0.2) is 34.7 Å². The van der Waals surface area contributed by atoms with Gasteiger partial charge in [-0.05, 0) is 12.1 Å². The van der Waals surface area contributed by atoms with Crippen molar-refractivity contribution in [3.63, 3.8) is 0 Å². The molecule has 1 aromatic carbocycles. The van der Waals surface area contributed by atoms with Gasteiger partial charge < -0.3 is 9.47 Å². The molecule has 92 valence electrons. The molecule has 0 N–H and O–H groups in total. The summed E-state index contributed by atoms with van der Waals surface area (Å²) in [5.41, 5.74) is 1.71. The van der Waals surface area contributed by atoms with Crippen molar-refractivity contribution in [2.45, 2.75) is 6.54 Å². The lowest BCUT2D eigenvalue weighted by molar-refractivity contribution is 0.0412. The average Bonchev–Trinajstić information content (AvgIpc) is 2.84. The summed E-state index contributed by atoms with van der Waals surface area (Å²) < 4.78 is 11.7. The highest BCUT2D eigenvalue weighted by molar-refractivity contribution is 5.94. The standard InChI is InChI=1S/C12H11N3O3/c1-17-9-4-2-3-8(7-9)10-11-12(16)18-6-5-15(11)14-13-10/h2-4,7H,5-6H2,1H3. The zero-order chi connectivity index (χ0) is 12.5. The van der Waals surface area contributed by atoms with Crippen molar-refractivity contribution in [1.82, 2.24) is 15.0 Å². The Labute approximate surface area is 103 Å². The van der Waals surface area contributed by atoms with Gasteiger partial charge in [0.1, 0.15) is 18.1 Å². The second-order valence-electron chi connectivity index (χ2n) is 3.88. The quantitative estimate of drug-likeness (QED) is 0.742. The lowest BCUT2D eigenvalue weighted by Gasteiger charge is -2.13. The van der Waals surface area contributed by atoms with Gasteiger partial charge in [-0.1, -0.05) is 17.3 Å². The smallest absolute Gasteiger partial charge is 0.359 e. The van der Waals surface area contributed by atoms with Gasteiger partial charge in [-0.3, -0.25) is 0 Å². The number of nitrogens with zero attached hydrogens (tertiary/aromatic N) is 3. The van der Waals surface area contributed by atoms with Crippen molar-refractivity contribution in [2.24, 2.45) is 0 Å². The molecule has 2 heterocycles. The largest absolute Gasteiger partial charge is 0.497 e. The minimum atomic E-state index is -0.385. The summed E-state index contributed by atoms with van der Waals surface area (Å²) in [6.45, 7) is 0.880. The van der Waals surface area contributed by atoms with E-state index in [1.807, 2.05) is 24.3 Å². The lowest BCUT2D eigenvalue weighted by Crippen LogP contribution is -2.23. The molecule has 0 unspecified atom stereocenters. The van der Waals surface area contributed by atoms with Crippen molar-refractivity contribution in [2.75, 3.05) is 13.7 Å². The first-order valence-electron chi connectivity index (χ1n) is 5.54. The maximum absolute atomic E-state index is 11.7. The Balaban J connectivity index is 2.12. The minimum absolute atomic E-state index is 0.340. The molecule has 0 spiro atoms. The van der Waals surface area contributed by atoms with Crippen LogP contribution in [0.3, 0.4) is 0 Å². The first-order valence-corrected chi connectivity index (χ1v) is 5.54. The van der Waals surface area contributed by atoms with Gasteiger partial charge in [0.25, 0.3) is 0 Å². The van der Waals surface area contributed by atoms with Crippen molar-refractivity contribution < 1.29 is 14.3 Å². The van der Waals surface area contributed by atoms with Crippen LogP contribution >= 0.6 is 0 Å². The number of aromatic nitrogens is 3. The molecule has 0 saturated carbocycles. The van der Waals surface area contributed by atoms with Crippen molar-refractivity contribution in [1.29, 1.82) is 0 Å². The van der Waals surface area contributed by atoms with Crippen LogP contribution in [0.25, 0.3) is 11.3 Å². The van der Waals surface area contributed by atoms with Crippen LogP contribution in [0, 0.1) is 0 Å². The molecule has 0 fully saturated rings. The van der Waals surface area contributed by atoms with Gasteiger partial charge in [-0.15, -0.1) is 5.10 Å². The maximum Gasteiger partial charge on any atom is 0.359 e. The van der Waals surface area contributed by atoms with Crippen molar-refractivity contribution >= 4 is 5.97 Å². The fourth-order valence-corrected chi connectivity index (χ4v) is 1.93. The Kier molecular flexibility index (Phi) is 2.47. The van der Waals surface area contributed by atoms with E-state index in [9.17, 15) is 4.79 Å². The number of cyclic esters (lactones) is 1. The van der Waals surface area contributed by atoms with E-state index >= 15 is 0 Å². The SMILES string of the molecule is COc1cccc(-c2nnn3c2C(=O)OCC3)c1. The number of hydrogen-bond acceptors (Lipinski definition) is 5. The highest BCUT2D eigenvalue weighted by Gasteiger charge is 2.26. The second-order valence-corrected chi connectivity index (χ2v) is 3.88. The number of fused-ring (bicyclic) bond motifs is 1. The third-order valence-corrected chi connectivity index (χ3v) is 2.81. The summed E-state index contributed by atoms with van der Waals surface area (Å²) in [5.74, 6) is 0.322. The van der Waals surface area contributed by atoms with E-state index in [4.69, 9.17) is 9.47 Å². The molecule has 3 rings (SSSR count). The van der Waals surface area contributed by atoms with E-state index in [2.05, 4.69) is 10.3 Å². The number of carbonyl (C=O) groups is 1. The Morgan fingerprint density at radius 2 is 2.33 bits per heavy atom. The van der Waals surface area contributed by atoms with E-state index < -0.39 is 0 Å². The van der Waals surface area contributed by atoms with E-state index in [-0.39, 0.29) is 5.97 Å². The molecule has 2 aromatic rings. The molecular weight excluding hydrogens is 234 g/mol. The number of rotatable bonds is 2. The predicted molar refractivity (Wildman–Crippen MR) is 62.3 cm³/mol. The highest BCUT2D eigenvalue weighted by atomic mass is 16.5. The van der Waals surface area contributed by atoms with Gasteiger partial charge in [0.15, 0.2) is 5.69 Å². The number of carbonyl (C=O) groups excluding carboxylic acids is 1. The van der Waals surface area contributed by atoms with Gasteiger partial charge in [0, 0.05) is 5.56 Å². The van der Waals surface area contributed by atoms with Gasteiger partial charge in [0.05, 0.1) is 13.7 Å². The number of esters is 1. The van der Waals surface area contributed by atoms with Gasteiger partial charge >= 0.3 is 5.97 Å². The normalized spacial score (nSPS) is 13.9. The van der Waals surface area contributed by atoms with Crippen LogP contribution in [0.4, 0.5) is 0 Å². The van der Waals surface area contributed by atoms with Crippen LogP contribution in [0.5, 0.6) is 5.75 Å². The maximum atomic E-state index is 11.7. The molecule has 0 saturated heterocycles. The van der Waals surface area contributed by atoms with Crippen molar-refractivity contribution in [3.05, 3.63) is 30.0 Å². The molecule has 1 aliphatic heterocycles. The molecule has 0 bridgehead atoms. The topological polar surface area (TPSA) is 66.2 Å². The summed E-state index contributed by atoms with van der Waals surface area (Å²) in [4.78, 5) is 11.7. The number of ether oxygens (including phenoxy) is 2. The van der Waals surface area contributed by atoms with Crippen molar-refractivity contribution in [3.8, 4) is 17.0 Å². The molecule has 0 aliphatic carbocycles.